The summed E-state index contributed by atoms with van der Waals surface area (Å²) in [5, 5.41) is 2.32. The summed E-state index contributed by atoms with van der Waals surface area (Å²) < 4.78 is 24.9. The molecule has 4 heterocycles. The number of piperidine rings is 1. The molecular formula is C24H27N5O5S. The van der Waals surface area contributed by atoms with E-state index in [1.54, 1.807) is 19.3 Å². The number of rotatable bonds is 6. The van der Waals surface area contributed by atoms with Crippen molar-refractivity contribution in [3.63, 3.8) is 0 Å². The first-order chi connectivity index (χ1) is 16.6. The number of carbonyl (C=O) groups excluding carboxylic acids is 3. The zero-order valence-corrected chi connectivity index (χ0v) is 20.4. The molecule has 2 aromatic rings. The van der Waals surface area contributed by atoms with Crippen LogP contribution in [-0.4, -0.2) is 83.7 Å². The van der Waals surface area contributed by atoms with Crippen LogP contribution < -0.4 is 5.32 Å². The van der Waals surface area contributed by atoms with Gasteiger partial charge in [-0.15, -0.1) is 0 Å². The first-order valence-electron chi connectivity index (χ1n) is 11.5. The molecule has 35 heavy (non-hydrogen) atoms. The maximum absolute atomic E-state index is 12.9. The summed E-state index contributed by atoms with van der Waals surface area (Å²) in [5.74, 6) is -0.929. The largest absolute Gasteiger partial charge is 0.322 e. The summed E-state index contributed by atoms with van der Waals surface area (Å²) in [4.78, 5) is 44.9. The molecule has 2 saturated heterocycles. The smallest absolute Gasteiger partial charge is 0.255 e. The van der Waals surface area contributed by atoms with Gasteiger partial charge >= 0.3 is 0 Å². The predicted molar refractivity (Wildman–Crippen MR) is 127 cm³/mol. The average molecular weight is 498 g/mol. The Kier molecular flexibility index (Phi) is 5.94. The quantitative estimate of drug-likeness (QED) is 0.580. The third-order valence-electron chi connectivity index (χ3n) is 7.03. The van der Waals surface area contributed by atoms with Gasteiger partial charge in [0, 0.05) is 63.0 Å². The molecule has 11 heteroatoms. The van der Waals surface area contributed by atoms with Crippen molar-refractivity contribution in [2.45, 2.75) is 38.0 Å². The predicted octanol–water partition coefficient (Wildman–Crippen LogP) is 0.585. The fourth-order valence-corrected chi connectivity index (χ4v) is 5.57. The second-order valence-electron chi connectivity index (χ2n) is 9.45. The normalized spacial score (nSPS) is 21.3. The minimum atomic E-state index is -3.20. The maximum Gasteiger partial charge on any atom is 0.255 e. The molecular weight excluding hydrogens is 470 g/mol. The van der Waals surface area contributed by atoms with Gasteiger partial charge in [0.05, 0.1) is 11.9 Å². The highest BCUT2D eigenvalue weighted by Gasteiger charge is 2.39. The lowest BCUT2D eigenvalue weighted by molar-refractivity contribution is -0.136. The van der Waals surface area contributed by atoms with Crippen molar-refractivity contribution in [1.82, 2.24) is 24.4 Å². The van der Waals surface area contributed by atoms with E-state index < -0.39 is 22.0 Å². The molecule has 2 fully saturated rings. The number of nitrogens with one attached hydrogen (secondary N) is 1. The number of likely N-dealkylation sites (tertiary alicyclic amines) is 1. The molecule has 0 aliphatic carbocycles. The zero-order chi connectivity index (χ0) is 24.9. The topological polar surface area (TPSA) is 120 Å². The molecule has 1 atom stereocenters. The van der Waals surface area contributed by atoms with Gasteiger partial charge in [-0.1, -0.05) is 6.07 Å². The highest BCUT2D eigenvalue weighted by molar-refractivity contribution is 7.88. The first-order valence-corrected chi connectivity index (χ1v) is 13.3. The molecule has 0 spiro atoms. The summed E-state index contributed by atoms with van der Waals surface area (Å²) in [6, 6.07) is 8.87. The number of hydrogen-bond acceptors (Lipinski definition) is 7. The minimum Gasteiger partial charge on any atom is -0.322 e. The number of aromatic nitrogens is 1. The van der Waals surface area contributed by atoms with Gasteiger partial charge in [-0.2, -0.15) is 4.31 Å². The van der Waals surface area contributed by atoms with E-state index in [9.17, 15) is 22.8 Å². The molecule has 0 bridgehead atoms. The van der Waals surface area contributed by atoms with Gasteiger partial charge in [0.25, 0.3) is 5.91 Å². The van der Waals surface area contributed by atoms with E-state index in [-0.39, 0.29) is 24.3 Å². The van der Waals surface area contributed by atoms with E-state index in [2.05, 4.69) is 15.2 Å². The number of imide groups is 1. The van der Waals surface area contributed by atoms with Crippen LogP contribution in [-0.2, 0) is 32.7 Å². The van der Waals surface area contributed by atoms with Crippen LogP contribution in [0.4, 0.5) is 0 Å². The molecule has 1 unspecified atom stereocenters. The van der Waals surface area contributed by atoms with Crippen molar-refractivity contribution < 1.29 is 22.8 Å². The van der Waals surface area contributed by atoms with Crippen LogP contribution in [0.5, 0.6) is 0 Å². The van der Waals surface area contributed by atoms with Crippen molar-refractivity contribution in [1.29, 1.82) is 0 Å². The van der Waals surface area contributed by atoms with Crippen molar-refractivity contribution in [2.75, 3.05) is 26.4 Å². The number of likely N-dealkylation sites (N-methyl/N-ethyl adjacent to an activating group) is 1. The van der Waals surface area contributed by atoms with Crippen molar-refractivity contribution >= 4 is 27.7 Å². The van der Waals surface area contributed by atoms with Crippen molar-refractivity contribution in [3.05, 3.63) is 53.2 Å². The first kappa shape index (κ1) is 23.6. The zero-order valence-electron chi connectivity index (χ0n) is 19.6. The van der Waals surface area contributed by atoms with Crippen LogP contribution in [0.1, 0.15) is 34.3 Å². The Morgan fingerprint density at radius 3 is 2.63 bits per heavy atom. The summed E-state index contributed by atoms with van der Waals surface area (Å²) in [6.07, 6.45) is 3.52. The second kappa shape index (κ2) is 8.81. The molecule has 0 radical (unpaired) electrons. The van der Waals surface area contributed by atoms with Crippen molar-refractivity contribution in [2.24, 2.45) is 0 Å². The molecule has 3 amide bonds. The van der Waals surface area contributed by atoms with Crippen LogP contribution >= 0.6 is 0 Å². The monoisotopic (exact) mass is 497 g/mol. The number of carbonyl (C=O) groups is 3. The van der Waals surface area contributed by atoms with Crippen LogP contribution in [0.25, 0.3) is 11.3 Å². The molecule has 0 saturated carbocycles. The van der Waals surface area contributed by atoms with E-state index in [1.807, 2.05) is 24.3 Å². The minimum absolute atomic E-state index is 0.00660. The standard InChI is InChI=1S/C24H27N5O5S/c1-27(35(2,33)34)18-13-28(14-18)11-15-7-8-25-20(9-15)16-3-4-19-17(10-16)12-29(24(19)32)21-5-6-22(30)26-23(21)31/h3-4,7-10,18,21H,5-6,11-14H2,1-2H3,(H,26,30,31). The second-order valence-corrected chi connectivity index (χ2v) is 11.5. The van der Waals surface area contributed by atoms with E-state index in [0.29, 0.717) is 38.2 Å². The number of benzene rings is 1. The molecule has 184 valence electrons. The summed E-state index contributed by atoms with van der Waals surface area (Å²) in [7, 11) is -1.58. The van der Waals surface area contributed by atoms with Gasteiger partial charge in [-0.3, -0.25) is 29.6 Å². The number of sulfonamides is 1. The van der Waals surface area contributed by atoms with Gasteiger partial charge in [-0.25, -0.2) is 8.42 Å². The Labute approximate surface area is 204 Å². The number of hydrogen-bond donors (Lipinski definition) is 1. The Balaban J connectivity index is 1.27. The van der Waals surface area contributed by atoms with Crippen LogP contribution in [0.3, 0.4) is 0 Å². The Bertz CT molecular complexity index is 1320. The molecule has 1 aromatic heterocycles. The number of pyridine rings is 1. The number of fused-ring (bicyclic) bond motifs is 1. The Morgan fingerprint density at radius 1 is 1.14 bits per heavy atom. The summed E-state index contributed by atoms with van der Waals surface area (Å²) >= 11 is 0. The average Bonchev–Trinajstić information content (AvgIpc) is 3.10. The molecule has 1 aromatic carbocycles. The lowest BCUT2D eigenvalue weighted by atomic mass is 10.0. The van der Waals surface area contributed by atoms with Crippen molar-refractivity contribution in [3.8, 4) is 11.3 Å². The lowest BCUT2D eigenvalue weighted by Crippen LogP contribution is -2.58. The molecule has 3 aliphatic heterocycles. The molecule has 5 rings (SSSR count). The van der Waals surface area contributed by atoms with E-state index in [0.717, 1.165) is 22.4 Å². The Hall–Kier alpha value is -3.15. The van der Waals surface area contributed by atoms with Gasteiger partial charge in [0.15, 0.2) is 0 Å². The number of amides is 3. The number of nitrogens with zero attached hydrogens (tertiary/aromatic N) is 4. The molecule has 3 aliphatic rings. The molecule has 1 N–H and O–H groups in total. The van der Waals surface area contributed by atoms with Gasteiger partial charge in [-0.05, 0) is 41.8 Å². The highest BCUT2D eigenvalue weighted by Crippen LogP contribution is 2.31. The fraction of sp³-hybridized carbons (Fsp3) is 0.417. The van der Waals surface area contributed by atoms with Crippen LogP contribution in [0.2, 0.25) is 0 Å². The van der Waals surface area contributed by atoms with E-state index in [4.69, 9.17) is 0 Å². The highest BCUT2D eigenvalue weighted by atomic mass is 32.2. The Morgan fingerprint density at radius 2 is 1.91 bits per heavy atom. The van der Waals surface area contributed by atoms with Gasteiger partial charge < -0.3 is 4.90 Å². The molecule has 10 nitrogen and oxygen atoms in total. The SMILES string of the molecule is CN(C1CN(Cc2ccnc(-c3ccc4c(c3)CN(C3CCC(=O)NC3=O)C4=O)c2)C1)S(C)(=O)=O. The maximum atomic E-state index is 12.9. The van der Waals surface area contributed by atoms with E-state index >= 15 is 0 Å². The summed E-state index contributed by atoms with van der Waals surface area (Å²) in [5.41, 5.74) is 4.12. The lowest BCUT2D eigenvalue weighted by Gasteiger charge is -2.43. The third kappa shape index (κ3) is 4.58. The van der Waals surface area contributed by atoms with Gasteiger partial charge in [0.2, 0.25) is 21.8 Å². The van der Waals surface area contributed by atoms with E-state index in [1.165, 1.54) is 15.5 Å². The third-order valence-corrected chi connectivity index (χ3v) is 8.37. The van der Waals surface area contributed by atoms with Gasteiger partial charge in [0.1, 0.15) is 6.04 Å². The summed E-state index contributed by atoms with van der Waals surface area (Å²) in [6.45, 7) is 2.37. The van der Waals surface area contributed by atoms with Crippen LogP contribution in [0, 0.1) is 0 Å². The van der Waals surface area contributed by atoms with Crippen LogP contribution in [0.15, 0.2) is 36.5 Å². The fourth-order valence-electron chi connectivity index (χ4n) is 4.89.